The maximum Gasteiger partial charge on any atom is 0.323 e. The van der Waals surface area contributed by atoms with Crippen molar-refractivity contribution in [1.82, 2.24) is 5.32 Å². The molecule has 102 valence electrons. The summed E-state index contributed by atoms with van der Waals surface area (Å²) in [6.07, 6.45) is 1.28. The number of hydrogen-bond acceptors (Lipinski definition) is 4. The van der Waals surface area contributed by atoms with Crippen molar-refractivity contribution in [2.75, 3.05) is 26.9 Å². The van der Waals surface area contributed by atoms with Crippen molar-refractivity contribution in [3.8, 4) is 0 Å². The third kappa shape index (κ3) is 7.31. The maximum atomic E-state index is 11.2. The molecular weight excluding hydrogens is 222 g/mol. The van der Waals surface area contributed by atoms with E-state index in [1.807, 2.05) is 13.8 Å². The quantitative estimate of drug-likeness (QED) is 0.569. The summed E-state index contributed by atoms with van der Waals surface area (Å²) in [6, 6.07) is 0.129. The van der Waals surface area contributed by atoms with E-state index >= 15 is 0 Å². The van der Waals surface area contributed by atoms with E-state index in [0.29, 0.717) is 26.2 Å². The highest BCUT2D eigenvalue weighted by Gasteiger charge is 2.32. The molecule has 0 saturated heterocycles. The molecule has 0 radical (unpaired) electrons. The van der Waals surface area contributed by atoms with Crippen molar-refractivity contribution in [2.45, 2.75) is 45.2 Å². The summed E-state index contributed by atoms with van der Waals surface area (Å²) < 4.78 is 10.3. The monoisotopic (exact) mass is 247 g/mol. The fourth-order valence-electron chi connectivity index (χ4n) is 1.56. The van der Waals surface area contributed by atoms with Crippen LogP contribution in [0.5, 0.6) is 0 Å². The van der Waals surface area contributed by atoms with E-state index in [2.05, 4.69) is 5.32 Å². The predicted molar refractivity (Wildman–Crippen MR) is 66.2 cm³/mol. The minimum atomic E-state index is -0.921. The lowest BCUT2D eigenvalue weighted by atomic mass is 9.97. The number of carbonyl (C=O) groups is 1. The Bertz CT molecular complexity index is 221. The molecule has 5 heteroatoms. The standard InChI is InChI=1S/C12H25NO4/c1-10(2)13-12(3,11(14)15)6-9-17-8-5-7-16-4/h10,13H,5-9H2,1-4H3,(H,14,15). The molecule has 0 aromatic rings. The summed E-state index contributed by atoms with van der Waals surface area (Å²) in [5, 5.41) is 12.2. The van der Waals surface area contributed by atoms with Crippen molar-refractivity contribution >= 4 is 5.97 Å². The van der Waals surface area contributed by atoms with Crippen molar-refractivity contribution < 1.29 is 19.4 Å². The first-order valence-corrected chi connectivity index (χ1v) is 6.00. The van der Waals surface area contributed by atoms with Gasteiger partial charge in [-0.05, 0) is 33.6 Å². The molecule has 0 spiro atoms. The minimum Gasteiger partial charge on any atom is -0.480 e. The van der Waals surface area contributed by atoms with Crippen molar-refractivity contribution in [3.05, 3.63) is 0 Å². The fraction of sp³-hybridized carbons (Fsp3) is 0.917. The van der Waals surface area contributed by atoms with Gasteiger partial charge in [-0.3, -0.25) is 10.1 Å². The van der Waals surface area contributed by atoms with Crippen LogP contribution in [-0.2, 0) is 14.3 Å². The molecule has 0 fully saturated rings. The van der Waals surface area contributed by atoms with E-state index in [4.69, 9.17) is 9.47 Å². The van der Waals surface area contributed by atoms with Crippen LogP contribution in [0.4, 0.5) is 0 Å². The zero-order chi connectivity index (χ0) is 13.3. The molecule has 1 atom stereocenters. The van der Waals surface area contributed by atoms with Gasteiger partial charge in [0.2, 0.25) is 0 Å². The molecule has 0 aliphatic carbocycles. The molecule has 0 heterocycles. The molecule has 0 bridgehead atoms. The average Bonchev–Trinajstić information content (AvgIpc) is 2.22. The minimum absolute atomic E-state index is 0.129. The molecule has 5 nitrogen and oxygen atoms in total. The lowest BCUT2D eigenvalue weighted by Crippen LogP contribution is -2.53. The van der Waals surface area contributed by atoms with Gasteiger partial charge < -0.3 is 14.6 Å². The van der Waals surface area contributed by atoms with Crippen LogP contribution >= 0.6 is 0 Å². The van der Waals surface area contributed by atoms with Crippen LogP contribution < -0.4 is 5.32 Å². The second-order valence-corrected chi connectivity index (χ2v) is 4.65. The van der Waals surface area contributed by atoms with Gasteiger partial charge in [0.05, 0.1) is 0 Å². The van der Waals surface area contributed by atoms with Gasteiger partial charge in [-0.15, -0.1) is 0 Å². The van der Waals surface area contributed by atoms with E-state index in [-0.39, 0.29) is 6.04 Å². The van der Waals surface area contributed by atoms with Gasteiger partial charge in [-0.2, -0.15) is 0 Å². The Labute approximate surface area is 103 Å². The molecule has 0 aromatic heterocycles. The van der Waals surface area contributed by atoms with Crippen LogP contribution in [0.1, 0.15) is 33.6 Å². The van der Waals surface area contributed by atoms with Crippen molar-refractivity contribution in [3.63, 3.8) is 0 Å². The molecule has 17 heavy (non-hydrogen) atoms. The van der Waals surface area contributed by atoms with Crippen LogP contribution in [0.3, 0.4) is 0 Å². The van der Waals surface area contributed by atoms with E-state index in [0.717, 1.165) is 6.42 Å². The van der Waals surface area contributed by atoms with Crippen LogP contribution in [0, 0.1) is 0 Å². The Kier molecular flexibility index (Phi) is 8.12. The van der Waals surface area contributed by atoms with Gasteiger partial charge in [-0.25, -0.2) is 0 Å². The zero-order valence-corrected chi connectivity index (χ0v) is 11.3. The van der Waals surface area contributed by atoms with Gasteiger partial charge >= 0.3 is 5.97 Å². The highest BCUT2D eigenvalue weighted by atomic mass is 16.5. The molecule has 0 saturated carbocycles. The number of rotatable bonds is 10. The first-order valence-electron chi connectivity index (χ1n) is 6.00. The third-order valence-corrected chi connectivity index (χ3v) is 2.46. The van der Waals surface area contributed by atoms with E-state index in [1.165, 1.54) is 0 Å². The summed E-state index contributed by atoms with van der Waals surface area (Å²) in [5.41, 5.74) is -0.921. The molecule has 0 amide bonds. The summed E-state index contributed by atoms with van der Waals surface area (Å²) >= 11 is 0. The number of hydrogen-bond donors (Lipinski definition) is 2. The summed E-state index contributed by atoms with van der Waals surface area (Å²) in [7, 11) is 1.65. The molecule has 0 aliphatic rings. The first kappa shape index (κ1) is 16.4. The lowest BCUT2D eigenvalue weighted by Gasteiger charge is -2.28. The second kappa shape index (κ2) is 8.44. The fourth-order valence-corrected chi connectivity index (χ4v) is 1.56. The summed E-state index contributed by atoms with van der Waals surface area (Å²) in [5.74, 6) is -0.841. The first-order chi connectivity index (χ1) is 7.92. The Morgan fingerprint density at radius 1 is 1.35 bits per heavy atom. The van der Waals surface area contributed by atoms with E-state index in [1.54, 1.807) is 14.0 Å². The van der Waals surface area contributed by atoms with E-state index in [9.17, 15) is 9.90 Å². The third-order valence-electron chi connectivity index (χ3n) is 2.46. The SMILES string of the molecule is COCCCOCCC(C)(NC(C)C)C(=O)O. The Hall–Kier alpha value is -0.650. The second-order valence-electron chi connectivity index (χ2n) is 4.65. The lowest BCUT2D eigenvalue weighted by molar-refractivity contribution is -0.145. The Morgan fingerprint density at radius 2 is 2.00 bits per heavy atom. The number of carboxylic acids is 1. The molecule has 0 rings (SSSR count). The number of carboxylic acid groups (broad SMARTS) is 1. The normalized spacial score (nSPS) is 14.9. The average molecular weight is 247 g/mol. The Balaban J connectivity index is 3.89. The number of nitrogens with one attached hydrogen (secondary N) is 1. The van der Waals surface area contributed by atoms with Crippen molar-refractivity contribution in [2.24, 2.45) is 0 Å². The maximum absolute atomic E-state index is 11.2. The molecule has 2 N–H and O–H groups in total. The van der Waals surface area contributed by atoms with Gasteiger partial charge in [-0.1, -0.05) is 0 Å². The summed E-state index contributed by atoms with van der Waals surface area (Å²) in [4.78, 5) is 11.2. The van der Waals surface area contributed by atoms with Crippen molar-refractivity contribution in [1.29, 1.82) is 0 Å². The highest BCUT2D eigenvalue weighted by Crippen LogP contribution is 2.11. The zero-order valence-electron chi connectivity index (χ0n) is 11.3. The van der Waals surface area contributed by atoms with Gasteiger partial charge in [0.25, 0.3) is 0 Å². The van der Waals surface area contributed by atoms with Gasteiger partial charge in [0.15, 0.2) is 0 Å². The smallest absolute Gasteiger partial charge is 0.323 e. The molecule has 0 aliphatic heterocycles. The number of aliphatic carboxylic acids is 1. The number of ether oxygens (including phenoxy) is 2. The predicted octanol–water partition coefficient (Wildman–Crippen LogP) is 1.27. The molecule has 0 aromatic carbocycles. The van der Waals surface area contributed by atoms with Crippen LogP contribution in [0.15, 0.2) is 0 Å². The van der Waals surface area contributed by atoms with Crippen LogP contribution in [0.25, 0.3) is 0 Å². The highest BCUT2D eigenvalue weighted by molar-refractivity contribution is 5.78. The van der Waals surface area contributed by atoms with Crippen LogP contribution in [0.2, 0.25) is 0 Å². The molecule has 1 unspecified atom stereocenters. The van der Waals surface area contributed by atoms with E-state index < -0.39 is 11.5 Å². The topological polar surface area (TPSA) is 67.8 Å². The van der Waals surface area contributed by atoms with Gasteiger partial charge in [0.1, 0.15) is 5.54 Å². The summed E-state index contributed by atoms with van der Waals surface area (Å²) in [6.45, 7) is 7.26. The van der Waals surface area contributed by atoms with Gasteiger partial charge in [0, 0.05) is 33.0 Å². The van der Waals surface area contributed by atoms with Crippen LogP contribution in [-0.4, -0.2) is 49.6 Å². The largest absolute Gasteiger partial charge is 0.480 e. The molecular formula is C12H25NO4. The Morgan fingerprint density at radius 3 is 2.47 bits per heavy atom. The number of methoxy groups -OCH3 is 1.